The summed E-state index contributed by atoms with van der Waals surface area (Å²) in [6, 6.07) is 1.61. The number of carbonyl (C=O) groups excluding carboxylic acids is 1. The number of likely N-dealkylation sites (tertiary alicyclic amines) is 1. The molecule has 5 rings (SSSR count). The van der Waals surface area contributed by atoms with Gasteiger partial charge in [-0.3, -0.25) is 4.79 Å². The fraction of sp³-hybridized carbons (Fsp3) is 0.611. The Bertz CT molecular complexity index is 921. The highest BCUT2D eigenvalue weighted by Crippen LogP contribution is 2.62. The second-order valence-corrected chi connectivity index (χ2v) is 6.39. The summed E-state index contributed by atoms with van der Waals surface area (Å²) in [7, 11) is 1.47. The second kappa shape index (κ2) is 4.05. The molecular weight excluding hydrogens is 278 g/mol. The first-order valence-corrected chi connectivity index (χ1v) is 7.67. The van der Waals surface area contributed by atoms with Crippen LogP contribution in [-0.4, -0.2) is 43.4 Å². The van der Waals surface area contributed by atoms with Gasteiger partial charge in [-0.05, 0) is 50.3 Å². The fourth-order valence-corrected chi connectivity index (χ4v) is 4.67. The summed E-state index contributed by atoms with van der Waals surface area (Å²) in [5.41, 5.74) is -0.138. The third-order valence-electron chi connectivity index (χ3n) is 5.56. The van der Waals surface area contributed by atoms with E-state index in [0.717, 1.165) is 4.90 Å². The Balaban J connectivity index is 1.88. The van der Waals surface area contributed by atoms with Gasteiger partial charge in [0.2, 0.25) is 0 Å². The Labute approximate surface area is 138 Å². The van der Waals surface area contributed by atoms with Crippen molar-refractivity contribution >= 4 is 5.78 Å². The zero-order chi connectivity index (χ0) is 20.3. The summed E-state index contributed by atoms with van der Waals surface area (Å²) in [4.78, 5) is 14.1. The number of hydrogen-bond donors (Lipinski definition) is 0. The van der Waals surface area contributed by atoms with Crippen LogP contribution < -0.4 is 9.47 Å². The summed E-state index contributed by atoms with van der Waals surface area (Å²) in [6.45, 7) is -2.55. The first-order valence-electron chi connectivity index (χ1n) is 10.7. The maximum atomic E-state index is 12.9. The monoisotopic (exact) mass is 305 g/mol. The molecule has 4 aliphatic rings. The van der Waals surface area contributed by atoms with E-state index in [1.165, 1.54) is 7.11 Å². The molecule has 1 spiro atoms. The smallest absolute Gasteiger partial charge is 0.174 e. The van der Waals surface area contributed by atoms with Crippen LogP contribution >= 0.6 is 0 Å². The van der Waals surface area contributed by atoms with Crippen molar-refractivity contribution < 1.29 is 22.5 Å². The molecule has 2 bridgehead atoms. The number of Topliss-reactive ketones (excluding diaryl/α,β-unsaturated/α-hetero) is 1. The van der Waals surface area contributed by atoms with Crippen LogP contribution in [0.1, 0.15) is 38.6 Å². The van der Waals surface area contributed by atoms with E-state index in [0.29, 0.717) is 22.6 Å². The first-order chi connectivity index (χ1) is 13.0. The van der Waals surface area contributed by atoms with Gasteiger partial charge in [0.25, 0.3) is 0 Å². The summed E-state index contributed by atoms with van der Waals surface area (Å²) in [6.07, 6.45) is -1.99. The lowest BCUT2D eigenvalue weighted by molar-refractivity contribution is -0.138. The molecule has 4 nitrogen and oxygen atoms in total. The molecule has 4 atom stereocenters. The van der Waals surface area contributed by atoms with Crippen LogP contribution in [0.5, 0.6) is 11.5 Å². The highest BCUT2D eigenvalue weighted by Gasteiger charge is 2.65. The van der Waals surface area contributed by atoms with Gasteiger partial charge in [0.05, 0.1) is 8.48 Å². The molecule has 4 heteroatoms. The molecule has 2 aliphatic heterocycles. The standard InChI is InChI=1S/C18H21NO3/c1-19-8-7-18-11-4-5-13(20)17(18)22-16-14(21-2)6-3-10(15(16)18)9-12(11)19/h3,6,11-12,17H,4-5,7-9H2,1-2H3/t11-,12+,17?,18-/m0/s1/i1D3,11D,12D,17D. The van der Waals surface area contributed by atoms with E-state index in [-0.39, 0.29) is 32.2 Å². The third kappa shape index (κ3) is 1.27. The van der Waals surface area contributed by atoms with Gasteiger partial charge < -0.3 is 14.4 Å². The summed E-state index contributed by atoms with van der Waals surface area (Å²) in [5, 5.41) is 0. The molecule has 2 aliphatic carbocycles. The average Bonchev–Trinajstić information content (AvgIpc) is 2.87. The van der Waals surface area contributed by atoms with Crippen LogP contribution in [0.4, 0.5) is 0 Å². The Hall–Kier alpha value is -1.55. The van der Waals surface area contributed by atoms with Crippen LogP contribution in [0.3, 0.4) is 0 Å². The SMILES string of the molecule is [2H]C([2H])([2H])N1CC[C@]23c4c5ccc(OC)c4OC2([2H])C(=O)CC[C@@]3([2H])[C@@]1([2H])C5. The zero-order valence-electron chi connectivity index (χ0n) is 18.4. The molecule has 22 heavy (non-hydrogen) atoms. The van der Waals surface area contributed by atoms with Gasteiger partial charge in [-0.15, -0.1) is 0 Å². The van der Waals surface area contributed by atoms with Crippen molar-refractivity contribution in [3.8, 4) is 11.5 Å². The van der Waals surface area contributed by atoms with Crippen LogP contribution in [0, 0.1) is 5.89 Å². The number of rotatable bonds is 1. The van der Waals surface area contributed by atoms with Crippen molar-refractivity contribution in [2.24, 2.45) is 5.89 Å². The minimum atomic E-state index is -2.55. The van der Waals surface area contributed by atoms with E-state index in [4.69, 9.17) is 15.0 Å². The van der Waals surface area contributed by atoms with Gasteiger partial charge in [0.1, 0.15) is 0 Å². The van der Waals surface area contributed by atoms with Crippen molar-refractivity contribution in [2.45, 2.75) is 43.2 Å². The number of piperidine rings is 1. The van der Waals surface area contributed by atoms with E-state index < -0.39 is 36.2 Å². The molecule has 1 aromatic carbocycles. The number of methoxy groups -OCH3 is 1. The number of nitrogens with zero attached hydrogens (tertiary/aromatic N) is 1. The molecule has 0 amide bonds. The van der Waals surface area contributed by atoms with Crippen molar-refractivity contribution in [2.75, 3.05) is 20.6 Å². The van der Waals surface area contributed by atoms with Crippen LogP contribution in [-0.2, 0) is 16.6 Å². The highest BCUT2D eigenvalue weighted by atomic mass is 16.5. The molecule has 0 N–H and O–H groups in total. The van der Waals surface area contributed by atoms with Gasteiger partial charge in [-0.2, -0.15) is 0 Å². The molecule has 1 saturated heterocycles. The van der Waals surface area contributed by atoms with Gasteiger partial charge in [-0.25, -0.2) is 0 Å². The van der Waals surface area contributed by atoms with Crippen LogP contribution in [0.2, 0.25) is 0 Å². The quantitative estimate of drug-likeness (QED) is 0.795. The number of likely N-dealkylation sites (N-methyl/N-ethyl adjacent to an activating group) is 1. The normalized spacial score (nSPS) is 53.0. The molecule has 116 valence electrons. The Morgan fingerprint density at radius 1 is 1.55 bits per heavy atom. The number of benzene rings is 1. The molecule has 1 aromatic rings. The second-order valence-electron chi connectivity index (χ2n) is 6.39. The van der Waals surface area contributed by atoms with E-state index in [9.17, 15) is 7.54 Å². The number of carbonyl (C=O) groups is 1. The van der Waals surface area contributed by atoms with Gasteiger partial charge in [0.15, 0.2) is 23.4 Å². The topological polar surface area (TPSA) is 38.8 Å². The maximum Gasteiger partial charge on any atom is 0.174 e. The Morgan fingerprint density at radius 2 is 2.45 bits per heavy atom. The number of ketones is 1. The highest BCUT2D eigenvalue weighted by molar-refractivity contribution is 5.89. The van der Waals surface area contributed by atoms with E-state index in [2.05, 4.69) is 0 Å². The van der Waals surface area contributed by atoms with E-state index >= 15 is 0 Å². The molecule has 2 heterocycles. The minimum absolute atomic E-state index is 0.00596. The molecule has 1 unspecified atom stereocenters. The molecule has 2 fully saturated rings. The lowest BCUT2D eigenvalue weighted by Gasteiger charge is -2.57. The van der Waals surface area contributed by atoms with Crippen molar-refractivity contribution in [3.63, 3.8) is 0 Å². The van der Waals surface area contributed by atoms with Gasteiger partial charge in [-0.1, -0.05) is 6.07 Å². The van der Waals surface area contributed by atoms with Crippen molar-refractivity contribution in [3.05, 3.63) is 23.3 Å². The first kappa shape index (κ1) is 8.34. The van der Waals surface area contributed by atoms with Crippen LogP contribution in [0.25, 0.3) is 0 Å². The van der Waals surface area contributed by atoms with Crippen molar-refractivity contribution in [1.29, 1.82) is 0 Å². The summed E-state index contributed by atoms with van der Waals surface area (Å²) < 4.78 is 63.0. The summed E-state index contributed by atoms with van der Waals surface area (Å²) >= 11 is 0. The Morgan fingerprint density at radius 3 is 3.27 bits per heavy atom. The van der Waals surface area contributed by atoms with Gasteiger partial charge >= 0.3 is 0 Å². The molecular formula is C18H21NO3. The number of hydrogen-bond acceptors (Lipinski definition) is 4. The van der Waals surface area contributed by atoms with E-state index in [1.807, 2.05) is 0 Å². The summed E-state index contributed by atoms with van der Waals surface area (Å²) in [5.74, 6) is -1.41. The third-order valence-corrected chi connectivity index (χ3v) is 5.56. The minimum Gasteiger partial charge on any atom is -0.493 e. The zero-order valence-corrected chi connectivity index (χ0v) is 12.4. The lowest BCUT2D eigenvalue weighted by Crippen LogP contribution is -2.65. The maximum absolute atomic E-state index is 12.9. The Kier molecular flexibility index (Phi) is 1.53. The molecule has 0 aromatic heterocycles. The largest absolute Gasteiger partial charge is 0.493 e. The van der Waals surface area contributed by atoms with Gasteiger partial charge in [0, 0.05) is 30.3 Å². The molecule has 1 saturated carbocycles. The predicted molar refractivity (Wildman–Crippen MR) is 81.6 cm³/mol. The predicted octanol–water partition coefficient (Wildman–Crippen LogP) is 1.93. The molecule has 0 radical (unpaired) electrons. The van der Waals surface area contributed by atoms with Crippen LogP contribution in [0.15, 0.2) is 12.1 Å². The van der Waals surface area contributed by atoms with Crippen molar-refractivity contribution in [1.82, 2.24) is 4.90 Å². The average molecular weight is 305 g/mol. The lowest BCUT2D eigenvalue weighted by atomic mass is 9.52. The fourth-order valence-electron chi connectivity index (χ4n) is 4.67. The van der Waals surface area contributed by atoms with E-state index in [1.54, 1.807) is 12.1 Å². The number of ether oxygens (including phenoxy) is 2.